The van der Waals surface area contributed by atoms with Crippen molar-refractivity contribution >= 4 is 28.6 Å². The summed E-state index contributed by atoms with van der Waals surface area (Å²) in [5.74, 6) is -1.58. The summed E-state index contributed by atoms with van der Waals surface area (Å²) < 4.78 is 0. The van der Waals surface area contributed by atoms with Gasteiger partial charge in [-0.25, -0.2) is 0 Å². The molecule has 5 heteroatoms. The van der Waals surface area contributed by atoms with E-state index in [2.05, 4.69) is 0 Å². The van der Waals surface area contributed by atoms with E-state index >= 15 is 0 Å². The minimum absolute atomic E-state index is 0.0738. The molecular formula is C14H15ClO4. The predicted molar refractivity (Wildman–Crippen MR) is 71.2 cm³/mol. The molecule has 1 unspecified atom stereocenters. The van der Waals surface area contributed by atoms with Crippen molar-refractivity contribution in [3.05, 3.63) is 35.9 Å². The molecule has 102 valence electrons. The Morgan fingerprint density at radius 1 is 1.05 bits per heavy atom. The first kappa shape index (κ1) is 15.4. The molecule has 0 bridgehead atoms. The summed E-state index contributed by atoms with van der Waals surface area (Å²) in [6.07, 6.45) is 0.473. The van der Waals surface area contributed by atoms with Gasteiger partial charge in [0, 0.05) is 24.3 Å². The molecule has 0 spiro atoms. The van der Waals surface area contributed by atoms with Gasteiger partial charge in [0.15, 0.2) is 5.78 Å². The molecule has 0 saturated carbocycles. The van der Waals surface area contributed by atoms with Crippen LogP contribution in [-0.4, -0.2) is 22.1 Å². The second-order valence-electron chi connectivity index (χ2n) is 4.25. The molecule has 4 nitrogen and oxygen atoms in total. The first-order chi connectivity index (χ1) is 9.00. The number of ketones is 1. The zero-order valence-corrected chi connectivity index (χ0v) is 11.1. The Balaban J connectivity index is 2.73. The quantitative estimate of drug-likeness (QED) is 0.588. The van der Waals surface area contributed by atoms with Crippen LogP contribution in [0.3, 0.4) is 0 Å². The van der Waals surface area contributed by atoms with Crippen molar-refractivity contribution in [2.24, 2.45) is 5.92 Å². The Labute approximate surface area is 116 Å². The van der Waals surface area contributed by atoms with Gasteiger partial charge in [-0.2, -0.15) is 0 Å². The Morgan fingerprint density at radius 2 is 1.63 bits per heavy atom. The van der Waals surface area contributed by atoms with Crippen molar-refractivity contribution in [2.75, 3.05) is 0 Å². The second-order valence-corrected chi connectivity index (χ2v) is 4.67. The Hall–Kier alpha value is -1.68. The summed E-state index contributed by atoms with van der Waals surface area (Å²) in [4.78, 5) is 33.6. The number of Topliss-reactive ketones (excluding diaryl/α,β-unsaturated/α-hetero) is 1. The second kappa shape index (κ2) is 7.69. The molecule has 1 aromatic carbocycles. The number of aliphatic carboxylic acids is 1. The summed E-state index contributed by atoms with van der Waals surface area (Å²) in [7, 11) is 0. The lowest BCUT2D eigenvalue weighted by Crippen LogP contribution is -2.17. The summed E-state index contributed by atoms with van der Waals surface area (Å²) in [6.45, 7) is 0. The molecule has 1 N–H and O–H groups in total. The smallest absolute Gasteiger partial charge is 0.303 e. The highest BCUT2D eigenvalue weighted by atomic mass is 35.5. The standard InChI is InChI=1S/C14H15ClO4/c15-12(16)8-6-11(7-9-13(17)18)14(19)10-4-2-1-3-5-10/h1-5,11H,6-9H2,(H,17,18). The van der Waals surface area contributed by atoms with Crippen LogP contribution in [0.25, 0.3) is 0 Å². The molecule has 0 radical (unpaired) electrons. The Morgan fingerprint density at radius 3 is 2.16 bits per heavy atom. The summed E-state index contributed by atoms with van der Waals surface area (Å²) in [5, 5.41) is 8.18. The van der Waals surface area contributed by atoms with Gasteiger partial charge in [0.2, 0.25) is 5.24 Å². The van der Waals surface area contributed by atoms with Crippen molar-refractivity contribution in [1.29, 1.82) is 0 Å². The topological polar surface area (TPSA) is 71.4 Å². The maximum atomic E-state index is 12.2. The van der Waals surface area contributed by atoms with Crippen LogP contribution >= 0.6 is 11.6 Å². The number of carbonyl (C=O) groups excluding carboxylic acids is 2. The van der Waals surface area contributed by atoms with Gasteiger partial charge in [0.25, 0.3) is 0 Å². The maximum Gasteiger partial charge on any atom is 0.303 e. The van der Waals surface area contributed by atoms with Crippen molar-refractivity contribution in [2.45, 2.75) is 25.7 Å². The van der Waals surface area contributed by atoms with Crippen LogP contribution in [0.5, 0.6) is 0 Å². The van der Waals surface area contributed by atoms with E-state index in [1.54, 1.807) is 30.3 Å². The fourth-order valence-corrected chi connectivity index (χ4v) is 1.94. The van der Waals surface area contributed by atoms with Crippen LogP contribution in [0.4, 0.5) is 0 Å². The number of carboxylic acid groups (broad SMARTS) is 1. The van der Waals surface area contributed by atoms with Crippen molar-refractivity contribution in [3.8, 4) is 0 Å². The maximum absolute atomic E-state index is 12.2. The average Bonchev–Trinajstić information content (AvgIpc) is 2.38. The van der Waals surface area contributed by atoms with Gasteiger partial charge in [-0.15, -0.1) is 0 Å². The van der Waals surface area contributed by atoms with Gasteiger partial charge >= 0.3 is 5.97 Å². The van der Waals surface area contributed by atoms with Crippen LogP contribution < -0.4 is 0 Å². The lowest BCUT2D eigenvalue weighted by molar-refractivity contribution is -0.137. The van der Waals surface area contributed by atoms with Crippen LogP contribution in [0.1, 0.15) is 36.0 Å². The predicted octanol–water partition coefficient (Wildman–Crippen LogP) is 2.90. The van der Waals surface area contributed by atoms with Gasteiger partial charge in [0.1, 0.15) is 0 Å². The fourth-order valence-electron chi connectivity index (χ4n) is 1.83. The molecular weight excluding hydrogens is 268 g/mol. The average molecular weight is 283 g/mol. The molecule has 0 aliphatic carbocycles. The molecule has 0 heterocycles. The van der Waals surface area contributed by atoms with E-state index < -0.39 is 17.1 Å². The highest BCUT2D eigenvalue weighted by molar-refractivity contribution is 6.63. The van der Waals surface area contributed by atoms with Crippen LogP contribution in [0.15, 0.2) is 30.3 Å². The Kier molecular flexibility index (Phi) is 6.22. The molecule has 0 fully saturated rings. The summed E-state index contributed by atoms with van der Waals surface area (Å²) >= 11 is 5.27. The molecule has 0 aliphatic rings. The van der Waals surface area contributed by atoms with Gasteiger partial charge in [-0.3, -0.25) is 14.4 Å². The van der Waals surface area contributed by atoms with Gasteiger partial charge in [-0.1, -0.05) is 30.3 Å². The molecule has 0 amide bonds. The molecule has 1 rings (SSSR count). The van der Waals surface area contributed by atoms with Gasteiger partial charge in [-0.05, 0) is 24.4 Å². The number of halogens is 1. The lowest BCUT2D eigenvalue weighted by atomic mass is 9.89. The minimum Gasteiger partial charge on any atom is -0.481 e. The summed E-state index contributed by atoms with van der Waals surface area (Å²) in [5.41, 5.74) is 0.528. The number of benzene rings is 1. The van der Waals surface area contributed by atoms with E-state index in [0.29, 0.717) is 5.56 Å². The molecule has 0 saturated heterocycles. The Bertz CT molecular complexity index is 438. The highest BCUT2D eigenvalue weighted by Gasteiger charge is 2.21. The normalized spacial score (nSPS) is 11.8. The van der Waals surface area contributed by atoms with E-state index in [0.717, 1.165) is 0 Å². The first-order valence-corrected chi connectivity index (χ1v) is 6.38. The minimum atomic E-state index is -0.955. The van der Waals surface area contributed by atoms with E-state index in [1.165, 1.54) is 0 Å². The molecule has 0 aliphatic heterocycles. The fraction of sp³-hybridized carbons (Fsp3) is 0.357. The van der Waals surface area contributed by atoms with Crippen molar-refractivity contribution in [1.82, 2.24) is 0 Å². The van der Waals surface area contributed by atoms with Crippen molar-refractivity contribution in [3.63, 3.8) is 0 Å². The molecule has 1 aromatic rings. The van der Waals surface area contributed by atoms with Crippen LogP contribution in [0.2, 0.25) is 0 Å². The zero-order chi connectivity index (χ0) is 14.3. The third kappa shape index (κ3) is 5.66. The van der Waals surface area contributed by atoms with E-state index in [1.807, 2.05) is 0 Å². The number of carbonyl (C=O) groups is 3. The number of hydrogen-bond donors (Lipinski definition) is 1. The molecule has 19 heavy (non-hydrogen) atoms. The lowest BCUT2D eigenvalue weighted by Gasteiger charge is -2.13. The zero-order valence-electron chi connectivity index (χ0n) is 10.3. The van der Waals surface area contributed by atoms with E-state index in [-0.39, 0.29) is 31.5 Å². The first-order valence-electron chi connectivity index (χ1n) is 6.00. The van der Waals surface area contributed by atoms with Crippen LogP contribution in [-0.2, 0) is 9.59 Å². The third-order valence-electron chi connectivity index (χ3n) is 2.83. The van der Waals surface area contributed by atoms with E-state index in [4.69, 9.17) is 16.7 Å². The molecule has 0 aromatic heterocycles. The number of carboxylic acids is 1. The van der Waals surface area contributed by atoms with Gasteiger partial charge < -0.3 is 5.11 Å². The number of hydrogen-bond acceptors (Lipinski definition) is 3. The monoisotopic (exact) mass is 282 g/mol. The largest absolute Gasteiger partial charge is 0.481 e. The van der Waals surface area contributed by atoms with Gasteiger partial charge in [0.05, 0.1) is 0 Å². The SMILES string of the molecule is O=C(O)CCC(CCC(=O)Cl)C(=O)c1ccccc1. The number of rotatable bonds is 8. The van der Waals surface area contributed by atoms with Crippen molar-refractivity contribution < 1.29 is 19.5 Å². The third-order valence-corrected chi connectivity index (χ3v) is 3.01. The van der Waals surface area contributed by atoms with Crippen LogP contribution in [0, 0.1) is 5.92 Å². The molecule has 1 atom stereocenters. The highest BCUT2D eigenvalue weighted by Crippen LogP contribution is 2.20. The summed E-state index contributed by atoms with van der Waals surface area (Å²) in [6, 6.07) is 8.64. The van der Waals surface area contributed by atoms with E-state index in [9.17, 15) is 14.4 Å².